The van der Waals surface area contributed by atoms with Crippen molar-refractivity contribution in [2.24, 2.45) is 5.92 Å². The van der Waals surface area contributed by atoms with Gasteiger partial charge in [-0.3, -0.25) is 4.79 Å². The number of anilines is 1. The minimum absolute atomic E-state index is 0.0104. The molecular formula is C25H24ClFN2O5S. The first-order valence-corrected chi connectivity index (χ1v) is 12.8. The number of amides is 1. The van der Waals surface area contributed by atoms with Gasteiger partial charge in [-0.25, -0.2) is 12.8 Å². The molecule has 0 unspecified atom stereocenters. The quantitative estimate of drug-likeness (QED) is 0.457. The van der Waals surface area contributed by atoms with Crippen molar-refractivity contribution in [1.29, 1.82) is 0 Å². The Morgan fingerprint density at radius 1 is 1.09 bits per heavy atom. The van der Waals surface area contributed by atoms with Crippen LogP contribution in [0.1, 0.15) is 12.8 Å². The number of hydrogen-bond donors (Lipinski definition) is 1. The second-order valence-corrected chi connectivity index (χ2v) is 10.4. The summed E-state index contributed by atoms with van der Waals surface area (Å²) in [6, 6.07) is 16.5. The Morgan fingerprint density at radius 3 is 2.57 bits per heavy atom. The molecular weight excluding hydrogens is 495 g/mol. The van der Waals surface area contributed by atoms with Crippen LogP contribution in [0.4, 0.5) is 10.1 Å². The van der Waals surface area contributed by atoms with Crippen LogP contribution in [0, 0.1) is 11.7 Å². The Hall–Kier alpha value is -3.14. The molecule has 3 aromatic carbocycles. The first-order chi connectivity index (χ1) is 16.8. The molecule has 35 heavy (non-hydrogen) atoms. The van der Waals surface area contributed by atoms with E-state index in [-0.39, 0.29) is 23.9 Å². The Balaban J connectivity index is 1.50. The summed E-state index contributed by atoms with van der Waals surface area (Å²) < 4.78 is 51.7. The van der Waals surface area contributed by atoms with E-state index in [0.717, 1.165) is 12.1 Å². The van der Waals surface area contributed by atoms with Crippen molar-refractivity contribution in [2.75, 3.05) is 25.5 Å². The van der Waals surface area contributed by atoms with Crippen molar-refractivity contribution >= 4 is 33.2 Å². The monoisotopic (exact) mass is 518 g/mol. The van der Waals surface area contributed by atoms with Gasteiger partial charge < -0.3 is 14.8 Å². The SMILES string of the molecule is COc1cccc(Oc2ccc(Cl)cc2NC(=O)[C@@H]2CCCN(S(=O)(=O)c3ccc(F)cc3)C2)c1. The van der Waals surface area contributed by atoms with Crippen molar-refractivity contribution in [3.05, 3.63) is 77.6 Å². The highest BCUT2D eigenvalue weighted by molar-refractivity contribution is 7.89. The van der Waals surface area contributed by atoms with Crippen molar-refractivity contribution < 1.29 is 27.1 Å². The van der Waals surface area contributed by atoms with Crippen molar-refractivity contribution in [3.63, 3.8) is 0 Å². The standard InChI is InChI=1S/C25H24ClFN2O5S/c1-33-20-5-2-6-21(15-20)34-24-12-7-18(26)14-23(24)28-25(30)17-4-3-13-29(16-17)35(31,32)22-10-8-19(27)9-11-22/h2,5-12,14-15,17H,3-4,13,16H2,1H3,(H,28,30)/t17-/m1/s1. The maximum Gasteiger partial charge on any atom is 0.243 e. The van der Waals surface area contributed by atoms with E-state index in [4.69, 9.17) is 21.1 Å². The zero-order chi connectivity index (χ0) is 25.0. The smallest absolute Gasteiger partial charge is 0.243 e. The molecule has 1 amide bonds. The fourth-order valence-corrected chi connectivity index (χ4v) is 5.54. The van der Waals surface area contributed by atoms with Crippen LogP contribution in [0.3, 0.4) is 0 Å². The van der Waals surface area contributed by atoms with E-state index in [9.17, 15) is 17.6 Å². The predicted octanol–water partition coefficient (Wildman–Crippen LogP) is 5.32. The molecule has 0 aliphatic carbocycles. The number of sulfonamides is 1. The zero-order valence-electron chi connectivity index (χ0n) is 18.9. The van der Waals surface area contributed by atoms with Crippen molar-refractivity contribution in [3.8, 4) is 17.2 Å². The van der Waals surface area contributed by atoms with Crippen LogP contribution in [0.5, 0.6) is 17.2 Å². The Morgan fingerprint density at radius 2 is 1.83 bits per heavy atom. The molecule has 3 aromatic rings. The van der Waals surface area contributed by atoms with Gasteiger partial charge in [0.15, 0.2) is 5.75 Å². The maximum absolute atomic E-state index is 13.2. The molecule has 0 spiro atoms. The van der Waals surface area contributed by atoms with E-state index in [1.54, 1.807) is 49.6 Å². The average molecular weight is 519 g/mol. The van der Waals surface area contributed by atoms with Gasteiger partial charge in [-0.05, 0) is 67.4 Å². The van der Waals surface area contributed by atoms with Crippen LogP contribution in [0.15, 0.2) is 71.6 Å². The van der Waals surface area contributed by atoms with Gasteiger partial charge in [0.2, 0.25) is 15.9 Å². The molecule has 0 radical (unpaired) electrons. The number of rotatable bonds is 7. The van der Waals surface area contributed by atoms with E-state index in [1.807, 2.05) is 0 Å². The van der Waals surface area contributed by atoms with E-state index in [1.165, 1.54) is 16.4 Å². The molecule has 1 aliphatic heterocycles. The number of piperidine rings is 1. The lowest BCUT2D eigenvalue weighted by molar-refractivity contribution is -0.120. The normalized spacial score (nSPS) is 16.5. The third-order valence-electron chi connectivity index (χ3n) is 5.67. The lowest BCUT2D eigenvalue weighted by atomic mass is 9.98. The Kier molecular flexibility index (Phi) is 7.59. The lowest BCUT2D eigenvalue weighted by Crippen LogP contribution is -2.43. The Labute approximate surface area is 208 Å². The van der Waals surface area contributed by atoms with E-state index in [0.29, 0.717) is 40.8 Å². The summed E-state index contributed by atoms with van der Waals surface area (Å²) in [6.45, 7) is 0.295. The highest BCUT2D eigenvalue weighted by atomic mass is 35.5. The minimum atomic E-state index is -3.85. The molecule has 1 aliphatic rings. The molecule has 0 bridgehead atoms. The Bertz CT molecular complexity index is 1320. The second kappa shape index (κ2) is 10.6. The number of ether oxygens (including phenoxy) is 2. The number of methoxy groups -OCH3 is 1. The molecule has 4 rings (SSSR count). The van der Waals surface area contributed by atoms with Crippen molar-refractivity contribution in [2.45, 2.75) is 17.7 Å². The molecule has 1 saturated heterocycles. The number of carbonyl (C=O) groups excluding carboxylic acids is 1. The van der Waals surface area contributed by atoms with E-state index < -0.39 is 21.8 Å². The minimum Gasteiger partial charge on any atom is -0.497 e. The highest BCUT2D eigenvalue weighted by Crippen LogP contribution is 2.34. The van der Waals surface area contributed by atoms with Gasteiger partial charge in [-0.15, -0.1) is 0 Å². The van der Waals surface area contributed by atoms with Gasteiger partial charge in [0.1, 0.15) is 17.3 Å². The van der Waals surface area contributed by atoms with E-state index >= 15 is 0 Å². The first kappa shape index (κ1) is 25.0. The maximum atomic E-state index is 13.2. The topological polar surface area (TPSA) is 84.9 Å². The van der Waals surface area contributed by atoms with Gasteiger partial charge in [0, 0.05) is 24.2 Å². The highest BCUT2D eigenvalue weighted by Gasteiger charge is 2.33. The number of benzene rings is 3. The number of hydrogen-bond acceptors (Lipinski definition) is 5. The molecule has 1 fully saturated rings. The second-order valence-electron chi connectivity index (χ2n) is 8.07. The largest absolute Gasteiger partial charge is 0.497 e. The van der Waals surface area contributed by atoms with E-state index in [2.05, 4.69) is 5.32 Å². The van der Waals surface area contributed by atoms with Gasteiger partial charge >= 0.3 is 0 Å². The summed E-state index contributed by atoms with van der Waals surface area (Å²) in [6.07, 6.45) is 1.04. The summed E-state index contributed by atoms with van der Waals surface area (Å²) in [4.78, 5) is 13.1. The molecule has 0 saturated carbocycles. The van der Waals surface area contributed by atoms with Crippen LogP contribution in [0.2, 0.25) is 5.02 Å². The van der Waals surface area contributed by atoms with Crippen LogP contribution >= 0.6 is 11.6 Å². The molecule has 1 atom stereocenters. The van der Waals surface area contributed by atoms with Gasteiger partial charge in [-0.2, -0.15) is 4.31 Å². The lowest BCUT2D eigenvalue weighted by Gasteiger charge is -2.31. The van der Waals surface area contributed by atoms with Crippen LogP contribution in [-0.2, 0) is 14.8 Å². The van der Waals surface area contributed by atoms with Crippen LogP contribution in [0.25, 0.3) is 0 Å². The molecule has 10 heteroatoms. The molecule has 184 valence electrons. The zero-order valence-corrected chi connectivity index (χ0v) is 20.5. The fraction of sp³-hybridized carbons (Fsp3) is 0.240. The number of carbonyl (C=O) groups is 1. The summed E-state index contributed by atoms with van der Waals surface area (Å²) in [5, 5.41) is 3.24. The summed E-state index contributed by atoms with van der Waals surface area (Å²) in [7, 11) is -2.30. The third-order valence-corrected chi connectivity index (χ3v) is 7.79. The fourth-order valence-electron chi connectivity index (χ4n) is 3.85. The van der Waals surface area contributed by atoms with Crippen molar-refractivity contribution in [1.82, 2.24) is 4.31 Å². The summed E-state index contributed by atoms with van der Waals surface area (Å²) >= 11 is 6.16. The third kappa shape index (κ3) is 5.93. The summed E-state index contributed by atoms with van der Waals surface area (Å²) in [5.74, 6) is 0.0587. The summed E-state index contributed by atoms with van der Waals surface area (Å²) in [5.41, 5.74) is 0.365. The first-order valence-electron chi connectivity index (χ1n) is 10.9. The van der Waals surface area contributed by atoms with Gasteiger partial charge in [0.25, 0.3) is 0 Å². The predicted molar refractivity (Wildman–Crippen MR) is 131 cm³/mol. The number of nitrogens with zero attached hydrogens (tertiary/aromatic N) is 1. The van der Waals surface area contributed by atoms with Gasteiger partial charge in [-0.1, -0.05) is 17.7 Å². The number of nitrogens with one attached hydrogen (secondary N) is 1. The average Bonchev–Trinajstić information content (AvgIpc) is 2.86. The molecule has 7 nitrogen and oxygen atoms in total. The van der Waals surface area contributed by atoms with Gasteiger partial charge in [0.05, 0.1) is 23.6 Å². The van der Waals surface area contributed by atoms with Crippen LogP contribution < -0.4 is 14.8 Å². The van der Waals surface area contributed by atoms with Crippen LogP contribution in [-0.4, -0.2) is 38.8 Å². The molecule has 1 heterocycles. The molecule has 1 N–H and O–H groups in total. The molecule has 0 aromatic heterocycles. The number of halogens is 2.